The van der Waals surface area contributed by atoms with Crippen LogP contribution in [-0.2, 0) is 21.4 Å². The van der Waals surface area contributed by atoms with Crippen molar-refractivity contribution in [2.75, 3.05) is 40.3 Å². The summed E-state index contributed by atoms with van der Waals surface area (Å²) in [5.74, 6) is -0.218. The summed E-state index contributed by atoms with van der Waals surface area (Å²) in [4.78, 5) is 14.3. The molecule has 1 amide bonds. The largest absolute Gasteiger partial charge is 0.389 e. The van der Waals surface area contributed by atoms with Gasteiger partial charge in [-0.2, -0.15) is 28.4 Å². The average Bonchev–Trinajstić information content (AvgIpc) is 3.06. The van der Waals surface area contributed by atoms with Crippen LogP contribution < -0.4 is 0 Å². The first-order valence-corrected chi connectivity index (χ1v) is 10.8. The molecule has 0 aliphatic carbocycles. The van der Waals surface area contributed by atoms with Crippen LogP contribution in [0.5, 0.6) is 0 Å². The predicted molar refractivity (Wildman–Crippen MR) is 96.5 cm³/mol. The number of nitrogens with zero attached hydrogens (tertiary/aromatic N) is 3. The first-order chi connectivity index (χ1) is 11.7. The van der Waals surface area contributed by atoms with Gasteiger partial charge in [-0.1, -0.05) is 0 Å². The Morgan fingerprint density at radius 3 is 2.72 bits per heavy atom. The minimum atomic E-state index is -3.50. The fraction of sp³-hybridized carbons (Fsp3) is 0.688. The average molecular weight is 388 g/mol. The van der Waals surface area contributed by atoms with Gasteiger partial charge in [0.1, 0.15) is 0 Å². The Labute approximate surface area is 153 Å². The highest BCUT2D eigenvalue weighted by Crippen LogP contribution is 2.36. The predicted octanol–water partition coefficient (Wildman–Crippen LogP) is 0.382. The lowest BCUT2D eigenvalue weighted by molar-refractivity contribution is -0.143. The molecule has 2 aliphatic rings. The molecule has 140 valence electrons. The molecule has 1 N–H and O–H groups in total. The summed E-state index contributed by atoms with van der Waals surface area (Å²) in [6.07, 6.45) is 1.27. The van der Waals surface area contributed by atoms with Crippen molar-refractivity contribution in [1.29, 1.82) is 0 Å². The third-order valence-electron chi connectivity index (χ3n) is 5.31. The number of carbonyl (C=O) groups excluding carboxylic acids is 1. The summed E-state index contributed by atoms with van der Waals surface area (Å²) in [5, 5.41) is 14.8. The van der Waals surface area contributed by atoms with Crippen LogP contribution >= 0.6 is 11.3 Å². The van der Waals surface area contributed by atoms with Crippen molar-refractivity contribution < 1.29 is 18.3 Å². The molecule has 25 heavy (non-hydrogen) atoms. The summed E-state index contributed by atoms with van der Waals surface area (Å²) in [5.41, 5.74) is 0.119. The topological polar surface area (TPSA) is 81.2 Å². The number of likely N-dealkylation sites (tertiary alicyclic amines) is 1. The smallest absolute Gasteiger partial charge is 0.281 e. The Morgan fingerprint density at radius 2 is 2.08 bits per heavy atom. The van der Waals surface area contributed by atoms with Crippen molar-refractivity contribution in [3.05, 3.63) is 22.4 Å². The summed E-state index contributed by atoms with van der Waals surface area (Å²) in [6.45, 7) is 1.49. The van der Waals surface area contributed by atoms with Gasteiger partial charge in [0.2, 0.25) is 5.91 Å². The highest BCUT2D eigenvalue weighted by atomic mass is 32.2. The molecular weight excluding hydrogens is 362 g/mol. The number of carbonyl (C=O) groups is 1. The summed E-state index contributed by atoms with van der Waals surface area (Å²) in [6, 6.07) is 1.94. The zero-order chi connectivity index (χ0) is 18.2. The van der Waals surface area contributed by atoms with E-state index in [9.17, 15) is 18.3 Å². The van der Waals surface area contributed by atoms with Crippen LogP contribution in [0.3, 0.4) is 0 Å². The van der Waals surface area contributed by atoms with E-state index < -0.39 is 15.8 Å². The van der Waals surface area contributed by atoms with E-state index in [1.54, 1.807) is 16.2 Å². The normalized spacial score (nSPS) is 28.2. The van der Waals surface area contributed by atoms with Crippen LogP contribution in [0.2, 0.25) is 0 Å². The van der Waals surface area contributed by atoms with Gasteiger partial charge in [-0.15, -0.1) is 0 Å². The van der Waals surface area contributed by atoms with Gasteiger partial charge in [-0.25, -0.2) is 0 Å². The van der Waals surface area contributed by atoms with Gasteiger partial charge in [0.05, 0.1) is 12.0 Å². The standard InChI is InChI=1S/C16H25N3O4S2/c1-17(2)25(22,23)19-7-5-16(21)4-6-18(10-14(16)11-19)15(20)9-13-3-8-24-12-13/h3,8,12,14,21H,4-7,9-11H2,1-2H3. The third-order valence-corrected chi connectivity index (χ3v) is 7.95. The van der Waals surface area contributed by atoms with Crippen molar-refractivity contribution in [2.24, 2.45) is 5.92 Å². The van der Waals surface area contributed by atoms with E-state index in [0.717, 1.165) is 5.56 Å². The van der Waals surface area contributed by atoms with Crippen molar-refractivity contribution in [3.63, 3.8) is 0 Å². The lowest BCUT2D eigenvalue weighted by atomic mass is 9.76. The van der Waals surface area contributed by atoms with Crippen LogP contribution in [0.25, 0.3) is 0 Å². The molecule has 2 atom stereocenters. The molecule has 0 radical (unpaired) electrons. The minimum Gasteiger partial charge on any atom is -0.389 e. The highest BCUT2D eigenvalue weighted by Gasteiger charge is 2.48. The molecule has 2 fully saturated rings. The van der Waals surface area contributed by atoms with Gasteiger partial charge in [0.25, 0.3) is 10.2 Å². The molecule has 9 heteroatoms. The molecule has 0 spiro atoms. The maximum absolute atomic E-state index is 12.5. The molecule has 0 bridgehead atoms. The van der Waals surface area contributed by atoms with Gasteiger partial charge in [0.15, 0.2) is 0 Å². The second kappa shape index (κ2) is 6.96. The number of amides is 1. The number of hydrogen-bond acceptors (Lipinski definition) is 5. The highest BCUT2D eigenvalue weighted by molar-refractivity contribution is 7.86. The molecule has 0 aromatic carbocycles. The van der Waals surface area contributed by atoms with Crippen molar-refractivity contribution in [2.45, 2.75) is 24.9 Å². The van der Waals surface area contributed by atoms with Gasteiger partial charge < -0.3 is 10.0 Å². The number of hydrogen-bond donors (Lipinski definition) is 1. The molecule has 0 saturated carbocycles. The Bertz CT molecular complexity index is 720. The second-order valence-electron chi connectivity index (χ2n) is 7.10. The molecular formula is C16H25N3O4S2. The van der Waals surface area contributed by atoms with Gasteiger partial charge in [-0.3, -0.25) is 4.79 Å². The minimum absolute atomic E-state index is 0.0352. The molecule has 3 heterocycles. The third kappa shape index (κ3) is 3.75. The number of aliphatic hydroxyl groups is 1. The molecule has 2 saturated heterocycles. The SMILES string of the molecule is CN(C)S(=O)(=O)N1CCC2(O)CCN(C(=O)Cc3ccsc3)CC2C1. The zero-order valence-electron chi connectivity index (χ0n) is 14.6. The Morgan fingerprint density at radius 1 is 1.36 bits per heavy atom. The molecule has 1 aromatic rings. The molecule has 2 unspecified atom stereocenters. The lowest BCUT2D eigenvalue weighted by Gasteiger charge is -2.50. The maximum Gasteiger partial charge on any atom is 0.281 e. The number of piperidine rings is 2. The van der Waals surface area contributed by atoms with E-state index >= 15 is 0 Å². The first-order valence-electron chi connectivity index (χ1n) is 8.41. The quantitative estimate of drug-likeness (QED) is 0.810. The Hall–Kier alpha value is -1.000. The van der Waals surface area contributed by atoms with Crippen LogP contribution in [0, 0.1) is 5.92 Å². The molecule has 3 rings (SSSR count). The monoisotopic (exact) mass is 387 g/mol. The fourth-order valence-corrected chi connectivity index (χ4v) is 5.44. The summed E-state index contributed by atoms with van der Waals surface area (Å²) in [7, 11) is -0.487. The van der Waals surface area contributed by atoms with E-state index in [0.29, 0.717) is 38.9 Å². The zero-order valence-corrected chi connectivity index (χ0v) is 16.2. The van der Waals surface area contributed by atoms with Crippen molar-refractivity contribution in [1.82, 2.24) is 13.5 Å². The molecule has 7 nitrogen and oxygen atoms in total. The Balaban J connectivity index is 1.69. The number of thiophene rings is 1. The summed E-state index contributed by atoms with van der Waals surface area (Å²) >= 11 is 1.56. The van der Waals surface area contributed by atoms with E-state index in [1.165, 1.54) is 22.7 Å². The Kier molecular flexibility index (Phi) is 5.23. The molecule has 2 aliphatic heterocycles. The first kappa shape index (κ1) is 18.8. The van der Waals surface area contributed by atoms with Gasteiger partial charge in [0, 0.05) is 46.2 Å². The lowest BCUT2D eigenvalue weighted by Crippen LogP contribution is -2.62. The van der Waals surface area contributed by atoms with Crippen molar-refractivity contribution >= 4 is 27.5 Å². The maximum atomic E-state index is 12.5. The number of fused-ring (bicyclic) bond motifs is 1. The van der Waals surface area contributed by atoms with Crippen LogP contribution in [0.15, 0.2) is 16.8 Å². The van der Waals surface area contributed by atoms with E-state index in [4.69, 9.17) is 0 Å². The van der Waals surface area contributed by atoms with Crippen LogP contribution in [-0.4, -0.2) is 78.8 Å². The van der Waals surface area contributed by atoms with Gasteiger partial charge >= 0.3 is 0 Å². The van der Waals surface area contributed by atoms with E-state index in [2.05, 4.69) is 0 Å². The fourth-order valence-electron chi connectivity index (χ4n) is 3.62. The number of rotatable bonds is 4. The van der Waals surface area contributed by atoms with E-state index in [-0.39, 0.29) is 18.4 Å². The van der Waals surface area contributed by atoms with E-state index in [1.807, 2.05) is 16.8 Å². The molecule has 1 aromatic heterocycles. The van der Waals surface area contributed by atoms with Crippen LogP contribution in [0.1, 0.15) is 18.4 Å². The van der Waals surface area contributed by atoms with Crippen LogP contribution in [0.4, 0.5) is 0 Å². The van der Waals surface area contributed by atoms with Crippen molar-refractivity contribution in [3.8, 4) is 0 Å². The summed E-state index contributed by atoms with van der Waals surface area (Å²) < 4.78 is 27.4. The second-order valence-corrected chi connectivity index (χ2v) is 10.0. The van der Waals surface area contributed by atoms with Gasteiger partial charge in [-0.05, 0) is 35.2 Å².